The number of rotatable bonds is 8. The molecular formula is C28H32IN3S2. The van der Waals surface area contributed by atoms with E-state index >= 15 is 0 Å². The van der Waals surface area contributed by atoms with Gasteiger partial charge >= 0.3 is 0 Å². The van der Waals surface area contributed by atoms with Gasteiger partial charge in [0.2, 0.25) is 0 Å². The third-order valence-corrected chi connectivity index (χ3v) is 8.13. The van der Waals surface area contributed by atoms with Crippen molar-refractivity contribution in [1.29, 1.82) is 0 Å². The predicted molar refractivity (Wildman–Crippen MR) is 147 cm³/mol. The van der Waals surface area contributed by atoms with Crippen LogP contribution in [0.2, 0.25) is 0 Å². The second kappa shape index (κ2) is 12.8. The van der Waals surface area contributed by atoms with Crippen LogP contribution in [0.5, 0.6) is 0 Å². The van der Waals surface area contributed by atoms with Gasteiger partial charge in [-0.2, -0.15) is 0 Å². The van der Waals surface area contributed by atoms with Gasteiger partial charge in [0.25, 0.3) is 0 Å². The maximum Gasteiger partial charge on any atom is 0.0991 e. The smallest absolute Gasteiger partial charge is 0.0991 e. The highest BCUT2D eigenvalue weighted by Gasteiger charge is 2.18. The summed E-state index contributed by atoms with van der Waals surface area (Å²) in [7, 11) is 2.34. The van der Waals surface area contributed by atoms with Crippen molar-refractivity contribution >= 4 is 45.6 Å². The first-order valence-corrected chi connectivity index (χ1v) is 13.3. The van der Waals surface area contributed by atoms with Gasteiger partial charge in [-0.05, 0) is 61.9 Å². The van der Waals surface area contributed by atoms with Gasteiger partial charge in [0.15, 0.2) is 0 Å². The lowest BCUT2D eigenvalue weighted by molar-refractivity contribution is -0.903. The number of hydrogen-bond acceptors (Lipinski definition) is 4. The molecule has 0 atom stereocenters. The van der Waals surface area contributed by atoms with Crippen molar-refractivity contribution < 1.29 is 28.5 Å². The number of benzene rings is 3. The quantitative estimate of drug-likeness (QED) is 0.303. The van der Waals surface area contributed by atoms with Crippen LogP contribution in [0.25, 0.3) is 5.70 Å². The van der Waals surface area contributed by atoms with Crippen LogP contribution in [0, 0.1) is 0 Å². The van der Waals surface area contributed by atoms with E-state index in [-0.39, 0.29) is 24.0 Å². The summed E-state index contributed by atoms with van der Waals surface area (Å²) in [4.78, 5) is 7.48. The molecular weight excluding hydrogens is 569 g/mol. The number of aliphatic imine (C=N–C) groups is 1. The first-order chi connectivity index (χ1) is 16.1. The van der Waals surface area contributed by atoms with Crippen molar-refractivity contribution in [3.05, 3.63) is 90.5 Å². The van der Waals surface area contributed by atoms with Gasteiger partial charge in [0.05, 0.1) is 43.1 Å². The van der Waals surface area contributed by atoms with Gasteiger partial charge < -0.3 is 33.8 Å². The summed E-state index contributed by atoms with van der Waals surface area (Å²) in [6.45, 7) is 8.00. The number of fused-ring (bicyclic) bond motifs is 1. The third-order valence-electron chi connectivity index (χ3n) is 6.22. The Kier molecular flexibility index (Phi) is 10.1. The lowest BCUT2D eigenvalue weighted by atomic mass is 10.1. The minimum absolute atomic E-state index is 0. The maximum absolute atomic E-state index is 4.99. The van der Waals surface area contributed by atoms with Crippen LogP contribution in [-0.2, 0) is 0 Å². The predicted octanol–water partition coefficient (Wildman–Crippen LogP) is 4.56. The number of para-hydroxylation sites is 2. The molecule has 0 aliphatic carbocycles. The van der Waals surface area contributed by atoms with Crippen molar-refractivity contribution in [2.75, 3.05) is 37.8 Å². The molecule has 6 heteroatoms. The van der Waals surface area contributed by atoms with E-state index in [9.17, 15) is 0 Å². The topological polar surface area (TPSA) is 24.4 Å². The van der Waals surface area contributed by atoms with E-state index < -0.39 is 0 Å². The third kappa shape index (κ3) is 7.13. The Morgan fingerprint density at radius 3 is 2.18 bits per heavy atom. The average Bonchev–Trinajstić information content (AvgIpc) is 3.04. The maximum atomic E-state index is 4.99. The van der Waals surface area contributed by atoms with Crippen LogP contribution in [0.15, 0.2) is 99.7 Å². The van der Waals surface area contributed by atoms with E-state index in [0.29, 0.717) is 0 Å². The van der Waals surface area contributed by atoms with Crippen LogP contribution >= 0.6 is 23.5 Å². The zero-order valence-corrected chi connectivity index (χ0v) is 23.8. The number of nitrogens with one attached hydrogen (secondary N) is 1. The number of hydrogen-bond donors (Lipinski definition) is 1. The van der Waals surface area contributed by atoms with E-state index in [1.165, 1.54) is 15.4 Å². The summed E-state index contributed by atoms with van der Waals surface area (Å²) in [5.41, 5.74) is 4.29. The van der Waals surface area contributed by atoms with Gasteiger partial charge in [-0.1, -0.05) is 54.2 Å². The first kappa shape index (κ1) is 26.9. The van der Waals surface area contributed by atoms with Gasteiger partial charge in [0, 0.05) is 21.2 Å². The molecule has 0 spiro atoms. The number of halogens is 1. The highest BCUT2D eigenvalue weighted by Crippen LogP contribution is 2.34. The van der Waals surface area contributed by atoms with Gasteiger partial charge in [-0.3, -0.25) is 0 Å². The van der Waals surface area contributed by atoms with Crippen LogP contribution < -0.4 is 29.3 Å². The zero-order valence-electron chi connectivity index (χ0n) is 20.0. The summed E-state index contributed by atoms with van der Waals surface area (Å²) in [5.74, 6) is 1.05. The number of anilines is 1. The van der Waals surface area contributed by atoms with E-state index in [2.05, 4.69) is 111 Å². The molecule has 3 aromatic carbocycles. The molecule has 3 aromatic rings. The Morgan fingerprint density at radius 1 is 0.824 bits per heavy atom. The molecule has 0 saturated carbocycles. The van der Waals surface area contributed by atoms with E-state index in [0.717, 1.165) is 52.0 Å². The molecule has 1 N–H and O–H groups in total. The van der Waals surface area contributed by atoms with Crippen molar-refractivity contribution in [3.8, 4) is 0 Å². The Balaban J connectivity index is 0.00000324. The molecule has 0 amide bonds. The number of nitrogens with zero attached hydrogens (tertiary/aromatic N) is 2. The minimum Gasteiger partial charge on any atom is -1.00 e. The number of thioether (sulfide) groups is 1. The molecule has 178 valence electrons. The molecule has 0 bridgehead atoms. The molecule has 4 rings (SSSR count). The highest BCUT2D eigenvalue weighted by molar-refractivity contribution is 8.14. The fraction of sp³-hybridized carbons (Fsp3) is 0.250. The van der Waals surface area contributed by atoms with E-state index in [4.69, 9.17) is 4.99 Å². The van der Waals surface area contributed by atoms with Crippen molar-refractivity contribution in [2.45, 2.75) is 23.6 Å². The molecule has 0 saturated heterocycles. The van der Waals surface area contributed by atoms with Gasteiger partial charge in [-0.25, -0.2) is 4.99 Å². The Morgan fingerprint density at radius 2 is 1.47 bits per heavy atom. The van der Waals surface area contributed by atoms with Gasteiger partial charge in [-0.15, -0.1) is 11.8 Å². The summed E-state index contributed by atoms with van der Waals surface area (Å²) in [6.07, 6.45) is 2.20. The molecule has 1 aliphatic heterocycles. The summed E-state index contributed by atoms with van der Waals surface area (Å²) >= 11 is 3.63. The summed E-state index contributed by atoms with van der Waals surface area (Å²) < 4.78 is 1.09. The fourth-order valence-corrected chi connectivity index (χ4v) is 5.54. The standard InChI is InChI=1S/C28H32N3S2.HI/c1-4-31(3,5-2)19-20-32-28-21-27(29-25-13-9-10-14-26(25)30-28)22-15-17-24(18-16-22)33-23-11-7-6-8-12-23;/h6-18,21,29H,4-5,19-20H2,1-3H3;1H/q+1;/p-1. The first-order valence-electron chi connectivity index (χ1n) is 11.5. The summed E-state index contributed by atoms with van der Waals surface area (Å²) in [6, 6.07) is 27.6. The normalized spacial score (nSPS) is 13.0. The molecule has 1 aliphatic rings. The Hall–Kier alpha value is -1.74. The van der Waals surface area contributed by atoms with Crippen molar-refractivity contribution in [3.63, 3.8) is 0 Å². The van der Waals surface area contributed by atoms with Crippen LogP contribution in [0.1, 0.15) is 19.4 Å². The molecule has 0 fully saturated rings. The van der Waals surface area contributed by atoms with Crippen molar-refractivity contribution in [1.82, 2.24) is 0 Å². The summed E-state index contributed by atoms with van der Waals surface area (Å²) in [5, 5.41) is 4.69. The van der Waals surface area contributed by atoms with Gasteiger partial charge in [0.1, 0.15) is 0 Å². The molecule has 0 aromatic heterocycles. The monoisotopic (exact) mass is 601 g/mol. The molecule has 34 heavy (non-hydrogen) atoms. The second-order valence-corrected chi connectivity index (χ2v) is 10.7. The van der Waals surface area contributed by atoms with E-state index in [1.807, 2.05) is 11.8 Å². The fourth-order valence-electron chi connectivity index (χ4n) is 3.60. The van der Waals surface area contributed by atoms with Crippen LogP contribution in [0.3, 0.4) is 0 Å². The van der Waals surface area contributed by atoms with Crippen molar-refractivity contribution in [2.24, 2.45) is 4.99 Å². The van der Waals surface area contributed by atoms with E-state index in [1.54, 1.807) is 11.8 Å². The Labute approximate surface area is 229 Å². The zero-order chi connectivity index (χ0) is 23.1. The molecule has 0 radical (unpaired) electrons. The Bertz CT molecular complexity index is 1120. The number of quaternary nitrogens is 1. The average molecular weight is 602 g/mol. The second-order valence-electron chi connectivity index (χ2n) is 8.41. The SMILES string of the molecule is CC[N+](C)(CC)CCSC1=Nc2ccccc2NC(c2ccc(Sc3ccccc3)cc2)=C1.[I-]. The highest BCUT2D eigenvalue weighted by atomic mass is 127. The molecule has 0 unspecified atom stereocenters. The largest absolute Gasteiger partial charge is 1.00 e. The lowest BCUT2D eigenvalue weighted by Crippen LogP contribution is -3.00. The minimum atomic E-state index is 0. The van der Waals surface area contributed by atoms with Crippen LogP contribution in [-0.4, -0.2) is 42.0 Å². The molecule has 3 nitrogen and oxygen atoms in total. The van der Waals surface area contributed by atoms with Crippen LogP contribution in [0.4, 0.5) is 11.4 Å². The lowest BCUT2D eigenvalue weighted by Gasteiger charge is -2.31. The molecule has 1 heterocycles.